The van der Waals surface area contributed by atoms with Crippen LogP contribution in [0.15, 0.2) is 182 Å². The average Bonchev–Trinajstić information content (AvgIpc) is 3.54. The monoisotopic (exact) mass is 1240 g/mol. The van der Waals surface area contributed by atoms with E-state index in [9.17, 15) is 28.8 Å². The summed E-state index contributed by atoms with van der Waals surface area (Å²) in [6.07, 6.45) is 0. The molecule has 0 radical (unpaired) electrons. The average molecular weight is 1240 g/mol. The van der Waals surface area contributed by atoms with E-state index in [4.69, 9.17) is 73.3 Å². The predicted octanol–water partition coefficient (Wildman–Crippen LogP) is 15.4. The van der Waals surface area contributed by atoms with Crippen molar-refractivity contribution in [3.05, 3.63) is 249 Å². The molecule has 6 nitrogen and oxygen atoms in total. The maximum Gasteiger partial charge on any atom is 0.219 e. The van der Waals surface area contributed by atoms with Crippen LogP contribution in [0.2, 0.25) is 0 Å². The van der Waals surface area contributed by atoms with Crippen molar-refractivity contribution in [3.8, 4) is 0 Å². The lowest BCUT2D eigenvalue weighted by Gasteiger charge is -2.29. The van der Waals surface area contributed by atoms with Crippen molar-refractivity contribution in [2.45, 2.75) is 0 Å². The summed E-state index contributed by atoms with van der Waals surface area (Å²) in [6, 6.07) is 52.4. The van der Waals surface area contributed by atoms with Gasteiger partial charge in [-0.2, -0.15) is 0 Å². The fourth-order valence-corrected chi connectivity index (χ4v) is 14.1. The molecule has 0 amide bonds. The Morgan fingerprint density at radius 2 is 0.333 bits per heavy atom. The van der Waals surface area contributed by atoms with E-state index in [1.165, 1.54) is 0 Å². The molecule has 0 aliphatic carbocycles. The first-order chi connectivity index (χ1) is 37.7. The van der Waals surface area contributed by atoms with Crippen LogP contribution in [0.4, 0.5) is 0 Å². The molecule has 0 aliphatic rings. The Morgan fingerprint density at radius 1 is 0.218 bits per heavy atom. The molecule has 0 saturated carbocycles. The number of carbonyl (C=O) groups excluding carboxylic acids is 6. The third-order valence-electron chi connectivity index (χ3n) is 11.2. The fraction of sp³-hybridized carbons (Fsp3) is 0.100. The van der Waals surface area contributed by atoms with Crippen LogP contribution < -0.4 is 0 Å². The van der Waals surface area contributed by atoms with Crippen LogP contribution >= 0.6 is 144 Å². The molecule has 7 aromatic carbocycles. The molecule has 0 spiro atoms. The van der Waals surface area contributed by atoms with E-state index in [0.717, 1.165) is 70.6 Å². The molecule has 0 aromatic heterocycles. The lowest BCUT2D eigenvalue weighted by Crippen LogP contribution is -2.30. The van der Waals surface area contributed by atoms with E-state index < -0.39 is 0 Å². The van der Waals surface area contributed by atoms with Crippen molar-refractivity contribution >= 4 is 204 Å². The minimum Gasteiger partial charge on any atom is -0.282 e. The fourth-order valence-electron chi connectivity index (χ4n) is 7.59. The summed E-state index contributed by atoms with van der Waals surface area (Å²) in [7, 11) is 0. The highest BCUT2D eigenvalue weighted by atomic mass is 32.2. The van der Waals surface area contributed by atoms with E-state index in [1.807, 2.05) is 36.4 Å². The van der Waals surface area contributed by atoms with Gasteiger partial charge in [0.1, 0.15) is 0 Å². The lowest BCUT2D eigenvalue weighted by atomic mass is 9.80. The van der Waals surface area contributed by atoms with E-state index in [1.54, 1.807) is 146 Å². The molecular weight excluding hydrogens is 1200 g/mol. The largest absolute Gasteiger partial charge is 0.282 e. The number of benzene rings is 7. The van der Waals surface area contributed by atoms with Gasteiger partial charge in [0.15, 0.2) is 0 Å². The van der Waals surface area contributed by atoms with E-state index >= 15 is 0 Å². The van der Waals surface area contributed by atoms with Crippen molar-refractivity contribution in [1.82, 2.24) is 0 Å². The second-order valence-corrected chi connectivity index (χ2v) is 25.1. The van der Waals surface area contributed by atoms with Crippen molar-refractivity contribution in [1.29, 1.82) is 0 Å². The smallest absolute Gasteiger partial charge is 0.219 e. The van der Waals surface area contributed by atoms with E-state index in [-0.39, 0.29) is 128 Å². The van der Waals surface area contributed by atoms with Gasteiger partial charge < -0.3 is 0 Å². The van der Waals surface area contributed by atoms with Crippen LogP contribution in [0.5, 0.6) is 0 Å². The van der Waals surface area contributed by atoms with Crippen LogP contribution in [0, 0.1) is 0 Å². The third kappa shape index (κ3) is 16.6. The number of rotatable bonds is 24. The number of hydrogen-bond acceptors (Lipinski definition) is 18. The molecule has 390 valence electrons. The highest BCUT2D eigenvalue weighted by Gasteiger charge is 2.35. The molecule has 0 N–H and O–H groups in total. The standard InChI is InChI=1S/C60H42O6S12/c61-55(37-19-7-1-8-20-37)73-31-43(67)49-50(44(68)32-74-56(62)38-21-9-2-10-22-38)52(46(70)34-76-58(64)40-25-13-4-14-26-40)54(48(72)36-78-60(66)42-29-17-6-18-30-42)53(47(71)35-77-59(65)41-27-15-5-16-28-41)51(49)45(69)33-75-57(63)39-23-11-3-12-24-39/h1-30H,31-36H2. The molecule has 0 bridgehead atoms. The van der Waals surface area contributed by atoms with Gasteiger partial charge in [0.05, 0.1) is 0 Å². The Hall–Kier alpha value is -4.80. The first-order valence-electron chi connectivity index (χ1n) is 23.5. The van der Waals surface area contributed by atoms with Gasteiger partial charge in [0, 0.05) is 130 Å². The molecule has 0 unspecified atom stereocenters. The molecule has 0 atom stereocenters. The molecule has 78 heavy (non-hydrogen) atoms. The van der Waals surface area contributed by atoms with Crippen LogP contribution in [0.1, 0.15) is 95.5 Å². The summed E-state index contributed by atoms with van der Waals surface area (Å²) in [6.45, 7) is 0. The zero-order valence-corrected chi connectivity index (χ0v) is 50.7. The molecular formula is C60H42O6S12. The highest BCUT2D eigenvalue weighted by molar-refractivity contribution is 8.17. The first-order valence-corrected chi connectivity index (χ1v) is 31.9. The topological polar surface area (TPSA) is 102 Å². The molecule has 0 aliphatic heterocycles. The van der Waals surface area contributed by atoms with Gasteiger partial charge in [0.2, 0.25) is 30.7 Å². The molecule has 18 heteroatoms. The summed E-state index contributed by atoms with van der Waals surface area (Å²) >= 11 is 44.7. The van der Waals surface area contributed by atoms with Crippen LogP contribution in [-0.2, 0) is 0 Å². The van der Waals surface area contributed by atoms with Gasteiger partial charge in [-0.25, -0.2) is 0 Å². The summed E-state index contributed by atoms with van der Waals surface area (Å²) < 4.78 is 0. The second-order valence-electron chi connectivity index (χ2n) is 16.4. The zero-order valence-electron chi connectivity index (χ0n) is 40.9. The van der Waals surface area contributed by atoms with Gasteiger partial charge in [-0.1, -0.05) is 326 Å². The zero-order chi connectivity index (χ0) is 55.6. The normalized spacial score (nSPS) is 10.8. The summed E-state index contributed by atoms with van der Waals surface area (Å²) in [5.41, 5.74) is 4.32. The van der Waals surface area contributed by atoms with Crippen molar-refractivity contribution in [2.75, 3.05) is 34.5 Å². The third-order valence-corrected chi connectivity index (χ3v) is 20.0. The maximum atomic E-state index is 13.9. The quantitative estimate of drug-likeness (QED) is 0.0423. The predicted molar refractivity (Wildman–Crippen MR) is 356 cm³/mol. The number of thiocarbonyl (C=S) groups is 6. The van der Waals surface area contributed by atoms with Crippen molar-refractivity contribution in [3.63, 3.8) is 0 Å². The second kappa shape index (κ2) is 30.7. The Bertz CT molecular complexity index is 2830. The first kappa shape index (κ1) is 60.8. The Balaban J connectivity index is 1.50. The Morgan fingerprint density at radius 3 is 0.449 bits per heavy atom. The Kier molecular flexibility index (Phi) is 23.9. The number of thioether (sulfide) groups is 6. The van der Waals surface area contributed by atoms with Gasteiger partial charge >= 0.3 is 0 Å². The Labute approximate surface area is 510 Å². The minimum absolute atomic E-state index is 0.0768. The van der Waals surface area contributed by atoms with Gasteiger partial charge in [-0.15, -0.1) is 0 Å². The van der Waals surface area contributed by atoms with Crippen molar-refractivity contribution in [2.24, 2.45) is 0 Å². The minimum atomic E-state index is -0.268. The maximum absolute atomic E-state index is 13.9. The van der Waals surface area contributed by atoms with Crippen LogP contribution in [0.3, 0.4) is 0 Å². The SMILES string of the molecule is O=C(SCC(=S)c1c(C(=S)CSC(=O)c2ccccc2)c(C(=S)CSC(=O)c2ccccc2)c(C(=S)CSC(=O)c2ccccc2)c(C(=S)CSC(=O)c2ccccc2)c1C(=S)CSC(=O)c1ccccc1)c1ccccc1. The van der Waals surface area contributed by atoms with Gasteiger partial charge in [-0.05, 0) is 0 Å². The lowest BCUT2D eigenvalue weighted by molar-refractivity contribution is 0.108. The molecule has 0 saturated heterocycles. The van der Waals surface area contributed by atoms with Gasteiger partial charge in [0.25, 0.3) is 0 Å². The van der Waals surface area contributed by atoms with Crippen LogP contribution in [-0.4, -0.2) is 94.4 Å². The van der Waals surface area contributed by atoms with E-state index in [2.05, 4.69) is 0 Å². The van der Waals surface area contributed by atoms with Gasteiger partial charge in [-0.3, -0.25) is 28.8 Å². The summed E-state index contributed by atoms with van der Waals surface area (Å²) in [5.74, 6) is -0.461. The van der Waals surface area contributed by atoms with Crippen LogP contribution in [0.25, 0.3) is 0 Å². The highest BCUT2D eigenvalue weighted by Crippen LogP contribution is 2.38. The molecule has 0 fully saturated rings. The van der Waals surface area contributed by atoms with Crippen molar-refractivity contribution < 1.29 is 28.8 Å². The summed E-state index contributed by atoms with van der Waals surface area (Å²) in [4.78, 5) is 84.7. The van der Waals surface area contributed by atoms with E-state index in [0.29, 0.717) is 33.4 Å². The summed E-state index contributed by atoms with van der Waals surface area (Å²) in [5, 5.41) is -1.61. The molecule has 7 aromatic rings. The number of carbonyl (C=O) groups is 6. The molecule has 0 heterocycles. The number of hydrogen-bond donors (Lipinski definition) is 0. The molecule has 7 rings (SSSR count).